The van der Waals surface area contributed by atoms with Gasteiger partial charge >= 0.3 is 0 Å². The summed E-state index contributed by atoms with van der Waals surface area (Å²) in [5.41, 5.74) is 1.78. The van der Waals surface area contributed by atoms with Gasteiger partial charge in [-0.25, -0.2) is 18.1 Å². The minimum absolute atomic E-state index is 0.148. The fourth-order valence-corrected chi connectivity index (χ4v) is 4.51. The summed E-state index contributed by atoms with van der Waals surface area (Å²) >= 11 is 7.32. The highest BCUT2D eigenvalue weighted by Gasteiger charge is 2.17. The molecule has 0 aliphatic rings. The lowest BCUT2D eigenvalue weighted by Gasteiger charge is -2.13. The zero-order chi connectivity index (χ0) is 21.0. The van der Waals surface area contributed by atoms with Gasteiger partial charge in [0, 0.05) is 27.7 Å². The van der Waals surface area contributed by atoms with E-state index in [4.69, 9.17) is 11.6 Å². The van der Waals surface area contributed by atoms with Gasteiger partial charge in [0.15, 0.2) is 5.78 Å². The number of halogens is 1. The number of carbonyl (C=O) groups excluding carboxylic acids is 1. The molecular formula is C21H19ClN2O3S2. The molecule has 2 aromatic carbocycles. The van der Waals surface area contributed by atoms with Crippen LogP contribution in [-0.4, -0.2) is 25.4 Å². The summed E-state index contributed by atoms with van der Waals surface area (Å²) in [6, 6.07) is 17.3. The first-order chi connectivity index (χ1) is 13.7. The van der Waals surface area contributed by atoms with E-state index in [1.165, 1.54) is 11.8 Å². The molecule has 3 rings (SSSR count). The lowest BCUT2D eigenvalue weighted by molar-refractivity contribution is 0.103. The van der Waals surface area contributed by atoms with Gasteiger partial charge in [-0.2, -0.15) is 0 Å². The van der Waals surface area contributed by atoms with Crippen LogP contribution in [0.5, 0.6) is 0 Å². The van der Waals surface area contributed by atoms with Gasteiger partial charge in [-0.05, 0) is 48.9 Å². The normalized spacial score (nSPS) is 12.5. The monoisotopic (exact) mass is 446 g/mol. The molecule has 8 heteroatoms. The first-order valence-electron chi connectivity index (χ1n) is 8.73. The Kier molecular flexibility index (Phi) is 6.74. The molecule has 0 fully saturated rings. The predicted molar refractivity (Wildman–Crippen MR) is 116 cm³/mol. The van der Waals surface area contributed by atoms with Crippen molar-refractivity contribution in [3.05, 3.63) is 88.6 Å². The van der Waals surface area contributed by atoms with Crippen LogP contribution in [0.1, 0.15) is 34.5 Å². The van der Waals surface area contributed by atoms with Crippen LogP contribution in [0.3, 0.4) is 0 Å². The van der Waals surface area contributed by atoms with E-state index >= 15 is 0 Å². The van der Waals surface area contributed by atoms with E-state index in [0.717, 1.165) is 16.7 Å². The zero-order valence-electron chi connectivity index (χ0n) is 15.8. The Balaban J connectivity index is 1.82. The van der Waals surface area contributed by atoms with Gasteiger partial charge < -0.3 is 0 Å². The summed E-state index contributed by atoms with van der Waals surface area (Å²) in [4.78, 5) is 18.3. The second kappa shape index (κ2) is 9.09. The van der Waals surface area contributed by atoms with Crippen LogP contribution in [0.2, 0.25) is 5.02 Å². The number of aromatic nitrogens is 1. The molecule has 3 aromatic rings. The maximum Gasteiger partial charge on any atom is 0.209 e. The number of ketones is 1. The molecule has 0 amide bonds. The molecular weight excluding hydrogens is 428 g/mol. The molecule has 0 spiro atoms. The second-order valence-electron chi connectivity index (χ2n) is 6.47. The standard InChI is InChI=1S/C21H19ClN2O3S2/c1-14(24-29(2,26)27)15-5-7-16(8-6-15)20(25)19-4-3-13-23-21(19)28-18-11-9-17(22)10-12-18/h3-14,24H,1-2H3/t14-/m0/s1. The summed E-state index contributed by atoms with van der Waals surface area (Å²) in [6.45, 7) is 1.75. The number of nitrogens with one attached hydrogen (secondary N) is 1. The predicted octanol–water partition coefficient (Wildman–Crippen LogP) is 4.73. The third-order valence-electron chi connectivity index (χ3n) is 4.11. The molecule has 150 valence electrons. The quantitative estimate of drug-likeness (QED) is 0.531. The zero-order valence-corrected chi connectivity index (χ0v) is 18.2. The highest BCUT2D eigenvalue weighted by Crippen LogP contribution is 2.30. The van der Waals surface area contributed by atoms with Crippen molar-refractivity contribution in [2.24, 2.45) is 0 Å². The van der Waals surface area contributed by atoms with Gasteiger partial charge in [0.1, 0.15) is 5.03 Å². The minimum Gasteiger partial charge on any atom is -0.289 e. The van der Waals surface area contributed by atoms with Crippen molar-refractivity contribution in [2.45, 2.75) is 22.9 Å². The van der Waals surface area contributed by atoms with Crippen LogP contribution in [0.4, 0.5) is 0 Å². The molecule has 0 aliphatic carbocycles. The number of carbonyl (C=O) groups is 1. The lowest BCUT2D eigenvalue weighted by Crippen LogP contribution is -2.25. The molecule has 0 radical (unpaired) electrons. The highest BCUT2D eigenvalue weighted by molar-refractivity contribution is 7.99. The van der Waals surface area contributed by atoms with Crippen LogP contribution in [-0.2, 0) is 10.0 Å². The largest absolute Gasteiger partial charge is 0.289 e. The third kappa shape index (κ3) is 5.90. The average molecular weight is 447 g/mol. The molecule has 0 saturated heterocycles. The molecule has 1 N–H and O–H groups in total. The molecule has 0 unspecified atom stereocenters. The van der Waals surface area contributed by atoms with Crippen molar-refractivity contribution in [2.75, 3.05) is 6.26 Å². The Labute approximate surface area is 179 Å². The van der Waals surface area contributed by atoms with Gasteiger partial charge in [0.2, 0.25) is 10.0 Å². The number of hydrogen-bond donors (Lipinski definition) is 1. The van der Waals surface area contributed by atoms with E-state index in [2.05, 4.69) is 9.71 Å². The Morgan fingerprint density at radius 2 is 1.72 bits per heavy atom. The van der Waals surface area contributed by atoms with Gasteiger partial charge in [0.25, 0.3) is 0 Å². The fraction of sp³-hybridized carbons (Fsp3) is 0.143. The number of rotatable bonds is 7. The fourth-order valence-electron chi connectivity index (χ4n) is 2.73. The van der Waals surface area contributed by atoms with E-state index in [1.807, 2.05) is 12.1 Å². The SMILES string of the molecule is C[C@H](NS(C)(=O)=O)c1ccc(C(=O)c2cccnc2Sc2ccc(Cl)cc2)cc1. The van der Waals surface area contributed by atoms with Crippen LogP contribution in [0.15, 0.2) is 76.8 Å². The van der Waals surface area contributed by atoms with Crippen molar-refractivity contribution in [3.63, 3.8) is 0 Å². The maximum atomic E-state index is 13.0. The van der Waals surface area contributed by atoms with E-state index in [0.29, 0.717) is 21.2 Å². The summed E-state index contributed by atoms with van der Waals surface area (Å²) in [5.74, 6) is -0.148. The Bertz CT molecular complexity index is 1120. The molecule has 0 aliphatic heterocycles. The van der Waals surface area contributed by atoms with E-state index in [1.54, 1.807) is 61.7 Å². The maximum absolute atomic E-state index is 13.0. The van der Waals surface area contributed by atoms with E-state index in [-0.39, 0.29) is 11.8 Å². The van der Waals surface area contributed by atoms with Crippen molar-refractivity contribution >= 4 is 39.2 Å². The molecule has 1 aromatic heterocycles. The van der Waals surface area contributed by atoms with Gasteiger partial charge in [-0.3, -0.25) is 4.79 Å². The summed E-state index contributed by atoms with van der Waals surface area (Å²) in [6.07, 6.45) is 2.76. The Morgan fingerprint density at radius 1 is 1.07 bits per heavy atom. The van der Waals surface area contributed by atoms with Crippen molar-refractivity contribution in [1.82, 2.24) is 9.71 Å². The molecule has 0 bridgehead atoms. The van der Waals surface area contributed by atoms with Gasteiger partial charge in [0.05, 0.1) is 11.8 Å². The van der Waals surface area contributed by atoms with Crippen molar-refractivity contribution in [1.29, 1.82) is 0 Å². The number of sulfonamides is 1. The minimum atomic E-state index is -3.32. The Hall–Kier alpha value is -2.19. The van der Waals surface area contributed by atoms with E-state index < -0.39 is 10.0 Å². The first-order valence-corrected chi connectivity index (χ1v) is 11.8. The topological polar surface area (TPSA) is 76.1 Å². The van der Waals surface area contributed by atoms with Crippen LogP contribution < -0.4 is 4.72 Å². The van der Waals surface area contributed by atoms with Crippen LogP contribution in [0, 0.1) is 0 Å². The summed E-state index contributed by atoms with van der Waals surface area (Å²) in [7, 11) is -3.32. The van der Waals surface area contributed by atoms with Crippen LogP contribution in [0.25, 0.3) is 0 Å². The number of hydrogen-bond acceptors (Lipinski definition) is 5. The number of benzene rings is 2. The summed E-state index contributed by atoms with van der Waals surface area (Å²) in [5, 5.41) is 1.25. The molecule has 0 saturated carbocycles. The third-order valence-corrected chi connectivity index (χ3v) is 6.17. The second-order valence-corrected chi connectivity index (χ2v) is 9.75. The lowest BCUT2D eigenvalue weighted by atomic mass is 10.0. The van der Waals surface area contributed by atoms with E-state index in [9.17, 15) is 13.2 Å². The van der Waals surface area contributed by atoms with Gasteiger partial charge in [-0.15, -0.1) is 0 Å². The van der Waals surface area contributed by atoms with Crippen molar-refractivity contribution in [3.8, 4) is 0 Å². The number of pyridine rings is 1. The molecule has 1 heterocycles. The molecule has 1 atom stereocenters. The number of nitrogens with zero attached hydrogens (tertiary/aromatic N) is 1. The smallest absolute Gasteiger partial charge is 0.209 e. The van der Waals surface area contributed by atoms with Gasteiger partial charge in [-0.1, -0.05) is 47.6 Å². The average Bonchev–Trinajstić information content (AvgIpc) is 2.68. The Morgan fingerprint density at radius 3 is 2.34 bits per heavy atom. The highest BCUT2D eigenvalue weighted by atomic mass is 35.5. The van der Waals surface area contributed by atoms with Crippen molar-refractivity contribution < 1.29 is 13.2 Å². The first kappa shape index (κ1) is 21.5. The summed E-state index contributed by atoms with van der Waals surface area (Å²) < 4.78 is 25.3. The molecule has 29 heavy (non-hydrogen) atoms. The molecule has 5 nitrogen and oxygen atoms in total. The van der Waals surface area contributed by atoms with Crippen LogP contribution >= 0.6 is 23.4 Å².